The number of nitrogens with zero attached hydrogens (tertiary/aromatic N) is 1. The topological polar surface area (TPSA) is 72.9 Å². The third-order valence-electron chi connectivity index (χ3n) is 4.22. The van der Waals surface area contributed by atoms with Gasteiger partial charge in [0.2, 0.25) is 9.84 Å². The number of fused-ring (bicyclic) bond motifs is 1. The summed E-state index contributed by atoms with van der Waals surface area (Å²) in [4.78, 5) is 13.7. The second-order valence-corrected chi connectivity index (χ2v) is 8.12. The molecular formula is C21H21NO5S. The van der Waals surface area contributed by atoms with Crippen LogP contribution in [0.3, 0.4) is 0 Å². The fourth-order valence-corrected chi connectivity index (χ4v) is 4.06. The molecule has 2 aromatic rings. The van der Waals surface area contributed by atoms with Crippen LogP contribution >= 0.6 is 0 Å². The van der Waals surface area contributed by atoms with E-state index in [9.17, 15) is 13.2 Å². The summed E-state index contributed by atoms with van der Waals surface area (Å²) in [5.41, 5.74) is 1.94. The van der Waals surface area contributed by atoms with Crippen LogP contribution in [0.25, 0.3) is 0 Å². The number of anilines is 1. The Balaban J connectivity index is 2.02. The average molecular weight is 399 g/mol. The van der Waals surface area contributed by atoms with Gasteiger partial charge in [0.15, 0.2) is 16.5 Å². The Morgan fingerprint density at radius 1 is 1.18 bits per heavy atom. The second kappa shape index (κ2) is 7.90. The van der Waals surface area contributed by atoms with Gasteiger partial charge in [0.05, 0.1) is 17.2 Å². The summed E-state index contributed by atoms with van der Waals surface area (Å²) >= 11 is 0. The van der Waals surface area contributed by atoms with Crippen molar-refractivity contribution in [2.75, 3.05) is 18.6 Å². The van der Waals surface area contributed by atoms with E-state index in [1.165, 1.54) is 24.3 Å². The second-order valence-electron chi connectivity index (χ2n) is 6.21. The Morgan fingerprint density at radius 2 is 1.89 bits per heavy atom. The van der Waals surface area contributed by atoms with Gasteiger partial charge in [-0.15, -0.1) is 0 Å². The van der Waals surface area contributed by atoms with Crippen molar-refractivity contribution in [3.63, 3.8) is 0 Å². The molecule has 28 heavy (non-hydrogen) atoms. The van der Waals surface area contributed by atoms with Gasteiger partial charge in [-0.25, -0.2) is 13.2 Å². The van der Waals surface area contributed by atoms with Crippen molar-refractivity contribution in [3.05, 3.63) is 77.0 Å². The molecule has 6 nitrogen and oxygen atoms in total. The van der Waals surface area contributed by atoms with Crippen molar-refractivity contribution in [3.8, 4) is 5.75 Å². The number of rotatable bonds is 5. The Kier molecular flexibility index (Phi) is 5.56. The monoisotopic (exact) mass is 399 g/mol. The molecule has 0 saturated heterocycles. The molecule has 3 rings (SSSR count). The predicted molar refractivity (Wildman–Crippen MR) is 107 cm³/mol. The minimum absolute atomic E-state index is 0.0207. The van der Waals surface area contributed by atoms with Crippen molar-refractivity contribution in [1.82, 2.24) is 0 Å². The molecule has 7 heteroatoms. The minimum Gasteiger partial charge on any atom is -0.462 e. The highest BCUT2D eigenvalue weighted by Gasteiger charge is 2.29. The third-order valence-corrected chi connectivity index (χ3v) is 5.99. The number of aryl methyl sites for hydroxylation is 1. The maximum atomic E-state index is 12.9. The molecular weight excluding hydrogens is 378 g/mol. The number of sulfone groups is 1. The predicted octanol–water partition coefficient (Wildman–Crippen LogP) is 3.59. The standard InChI is InChI=1S/C21H21NO5S/c1-4-26-21(23)19(28(24,25)16-8-6-5-7-9-16)12-13-20-22(3)17-14-15(2)10-11-18(17)27-20/h5-14H,4H2,1-3H3/b19-12-,20-13-. The number of carbonyl (C=O) groups is 1. The molecule has 146 valence electrons. The molecule has 0 atom stereocenters. The quantitative estimate of drug-likeness (QED) is 0.565. The lowest BCUT2D eigenvalue weighted by Crippen LogP contribution is -2.17. The molecule has 0 aliphatic carbocycles. The summed E-state index contributed by atoms with van der Waals surface area (Å²) in [6, 6.07) is 13.5. The van der Waals surface area contributed by atoms with E-state index in [4.69, 9.17) is 9.47 Å². The van der Waals surface area contributed by atoms with E-state index in [1.807, 2.05) is 25.1 Å². The van der Waals surface area contributed by atoms with Gasteiger partial charge in [0, 0.05) is 13.1 Å². The number of benzene rings is 2. The molecule has 0 N–H and O–H groups in total. The number of carbonyl (C=O) groups excluding carboxylic acids is 1. The Labute approximate surface area is 164 Å². The van der Waals surface area contributed by atoms with Gasteiger partial charge in [0.1, 0.15) is 0 Å². The lowest BCUT2D eigenvalue weighted by Gasteiger charge is -2.11. The summed E-state index contributed by atoms with van der Waals surface area (Å²) in [6.45, 7) is 3.66. The van der Waals surface area contributed by atoms with E-state index in [-0.39, 0.29) is 11.5 Å². The molecule has 1 heterocycles. The number of allylic oxidation sites excluding steroid dienone is 2. The van der Waals surface area contributed by atoms with E-state index in [1.54, 1.807) is 37.1 Å². The van der Waals surface area contributed by atoms with Crippen molar-refractivity contribution in [2.24, 2.45) is 0 Å². The van der Waals surface area contributed by atoms with Gasteiger partial charge in [0.25, 0.3) is 0 Å². The van der Waals surface area contributed by atoms with E-state index < -0.39 is 20.7 Å². The maximum absolute atomic E-state index is 12.9. The summed E-state index contributed by atoms with van der Waals surface area (Å²) in [6.07, 6.45) is 2.69. The first kappa shape index (κ1) is 19.7. The summed E-state index contributed by atoms with van der Waals surface area (Å²) in [7, 11) is -2.23. The van der Waals surface area contributed by atoms with Gasteiger partial charge in [-0.1, -0.05) is 24.3 Å². The molecule has 0 saturated carbocycles. The third kappa shape index (κ3) is 3.80. The molecule has 2 aromatic carbocycles. The van der Waals surface area contributed by atoms with Crippen LogP contribution < -0.4 is 9.64 Å². The largest absolute Gasteiger partial charge is 0.462 e. The Hall–Kier alpha value is -3.06. The zero-order valence-electron chi connectivity index (χ0n) is 15.9. The zero-order valence-corrected chi connectivity index (χ0v) is 16.7. The van der Waals surface area contributed by atoms with E-state index in [0.717, 1.165) is 11.3 Å². The first-order chi connectivity index (χ1) is 13.3. The van der Waals surface area contributed by atoms with Crippen molar-refractivity contribution in [2.45, 2.75) is 18.7 Å². The Bertz CT molecular complexity index is 1060. The lowest BCUT2D eigenvalue weighted by atomic mass is 10.2. The van der Waals surface area contributed by atoms with E-state index in [0.29, 0.717) is 11.6 Å². The fourth-order valence-electron chi connectivity index (χ4n) is 2.76. The van der Waals surface area contributed by atoms with Crippen molar-refractivity contribution in [1.29, 1.82) is 0 Å². The van der Waals surface area contributed by atoms with Crippen LogP contribution in [0.15, 0.2) is 76.4 Å². The first-order valence-electron chi connectivity index (χ1n) is 8.76. The molecule has 0 radical (unpaired) electrons. The number of esters is 1. The van der Waals surface area contributed by atoms with Crippen molar-refractivity contribution >= 4 is 21.5 Å². The van der Waals surface area contributed by atoms with Crippen LogP contribution in [-0.2, 0) is 19.4 Å². The van der Waals surface area contributed by atoms with Gasteiger partial charge in [-0.2, -0.15) is 0 Å². The van der Waals surface area contributed by atoms with Gasteiger partial charge >= 0.3 is 5.97 Å². The summed E-state index contributed by atoms with van der Waals surface area (Å²) in [5, 5.41) is 0. The lowest BCUT2D eigenvalue weighted by molar-refractivity contribution is -0.137. The van der Waals surface area contributed by atoms with Crippen LogP contribution in [0, 0.1) is 6.92 Å². The van der Waals surface area contributed by atoms with Gasteiger partial charge < -0.3 is 14.4 Å². The van der Waals surface area contributed by atoms with Crippen LogP contribution in [0.4, 0.5) is 5.69 Å². The van der Waals surface area contributed by atoms with Crippen LogP contribution in [0.1, 0.15) is 12.5 Å². The zero-order chi connectivity index (χ0) is 20.3. The van der Waals surface area contributed by atoms with Crippen LogP contribution in [0.2, 0.25) is 0 Å². The van der Waals surface area contributed by atoms with Gasteiger partial charge in [-0.3, -0.25) is 0 Å². The molecule has 0 unspecified atom stereocenters. The Morgan fingerprint density at radius 3 is 2.57 bits per heavy atom. The maximum Gasteiger partial charge on any atom is 0.350 e. The highest BCUT2D eigenvalue weighted by molar-refractivity contribution is 7.96. The number of ether oxygens (including phenoxy) is 2. The highest BCUT2D eigenvalue weighted by atomic mass is 32.2. The molecule has 1 aliphatic heterocycles. The molecule has 1 aliphatic rings. The minimum atomic E-state index is -4.04. The van der Waals surface area contributed by atoms with E-state index >= 15 is 0 Å². The normalized spacial score (nSPS) is 15.3. The molecule has 0 aromatic heterocycles. The smallest absolute Gasteiger partial charge is 0.350 e. The SMILES string of the molecule is CCOC(=O)/C(=C/C=C1\Oc2ccc(C)cc2N1C)S(=O)(=O)c1ccccc1. The van der Waals surface area contributed by atoms with Gasteiger partial charge in [-0.05, 0) is 49.8 Å². The van der Waals surface area contributed by atoms with Crippen LogP contribution in [-0.4, -0.2) is 28.0 Å². The van der Waals surface area contributed by atoms with Crippen molar-refractivity contribution < 1.29 is 22.7 Å². The number of hydrogen-bond acceptors (Lipinski definition) is 6. The molecule has 0 spiro atoms. The average Bonchev–Trinajstić information content (AvgIpc) is 2.98. The number of hydrogen-bond donors (Lipinski definition) is 0. The summed E-state index contributed by atoms with van der Waals surface area (Å²) in [5.74, 6) is 0.166. The fraction of sp³-hybridized carbons (Fsp3) is 0.190. The molecule has 0 fully saturated rings. The summed E-state index contributed by atoms with van der Waals surface area (Å²) < 4.78 is 36.6. The first-order valence-corrected chi connectivity index (χ1v) is 10.2. The molecule has 0 amide bonds. The van der Waals surface area contributed by atoms with Crippen LogP contribution in [0.5, 0.6) is 5.75 Å². The van der Waals surface area contributed by atoms with E-state index in [2.05, 4.69) is 0 Å². The highest BCUT2D eigenvalue weighted by Crippen LogP contribution is 2.38. The molecule has 0 bridgehead atoms.